The van der Waals surface area contributed by atoms with Crippen molar-refractivity contribution in [3.05, 3.63) is 82.4 Å². The molecule has 0 bridgehead atoms. The van der Waals surface area contributed by atoms with Crippen molar-refractivity contribution in [3.8, 4) is 22.9 Å². The fraction of sp³-hybridized carbons (Fsp3) is 0.192. The van der Waals surface area contributed by atoms with E-state index in [9.17, 15) is 9.59 Å². The van der Waals surface area contributed by atoms with Crippen LogP contribution in [0.15, 0.2) is 65.5 Å². The third-order valence-electron chi connectivity index (χ3n) is 5.38. The maximum Gasteiger partial charge on any atom is 0.265 e. The molecule has 1 amide bonds. The predicted octanol–water partition coefficient (Wildman–Crippen LogP) is 4.04. The molecule has 0 aliphatic rings. The Bertz CT molecular complexity index is 1410. The van der Waals surface area contributed by atoms with E-state index in [0.717, 1.165) is 5.56 Å². The van der Waals surface area contributed by atoms with Crippen molar-refractivity contribution in [1.82, 2.24) is 9.55 Å². The molecule has 0 fully saturated rings. The number of methoxy groups -OCH3 is 2. The van der Waals surface area contributed by atoms with Crippen molar-refractivity contribution >= 4 is 22.5 Å². The molecule has 0 aliphatic carbocycles. The largest absolute Gasteiger partial charge is 0.496 e. The lowest BCUT2D eigenvalue weighted by Gasteiger charge is -2.14. The zero-order valence-corrected chi connectivity index (χ0v) is 19.4. The fourth-order valence-corrected chi connectivity index (χ4v) is 3.67. The Labute approximate surface area is 196 Å². The number of carbonyl (C=O) groups is 1. The smallest absolute Gasteiger partial charge is 0.265 e. The van der Waals surface area contributed by atoms with Crippen LogP contribution in [0.25, 0.3) is 16.6 Å². The average molecular weight is 460 g/mol. The van der Waals surface area contributed by atoms with Gasteiger partial charge in [0.05, 0.1) is 30.8 Å². The van der Waals surface area contributed by atoms with E-state index in [-0.39, 0.29) is 18.1 Å². The fourth-order valence-electron chi connectivity index (χ4n) is 3.67. The van der Waals surface area contributed by atoms with Crippen LogP contribution in [0.2, 0.25) is 0 Å². The molecule has 1 N–H and O–H groups in total. The van der Waals surface area contributed by atoms with Crippen LogP contribution in [0.3, 0.4) is 0 Å². The van der Waals surface area contributed by atoms with E-state index < -0.39 is 0 Å². The summed E-state index contributed by atoms with van der Waals surface area (Å²) in [5, 5.41) is 3.40. The Hall–Kier alpha value is -4.33. The number of nitrogens with one attached hydrogen (secondary N) is 1. The van der Waals surface area contributed by atoms with Crippen LogP contribution >= 0.6 is 0 Å². The third-order valence-corrected chi connectivity index (χ3v) is 5.38. The van der Waals surface area contributed by atoms with Gasteiger partial charge in [0.2, 0.25) is 0 Å². The Balaban J connectivity index is 1.51. The standard InChI is InChI=1S/C26H25N3O5/c1-16-11-18(29-17(2)27-24-8-6-5-7-22(24)26(29)31)9-10-23(16)28-25(30)15-34-21-13-19(32-3)12-20(14-21)33-4/h5-14H,15H2,1-4H3,(H,28,30). The summed E-state index contributed by atoms with van der Waals surface area (Å²) < 4.78 is 17.6. The molecule has 8 nitrogen and oxygen atoms in total. The summed E-state index contributed by atoms with van der Waals surface area (Å²) >= 11 is 0. The molecule has 0 spiro atoms. The van der Waals surface area contributed by atoms with Gasteiger partial charge in [-0.15, -0.1) is 0 Å². The minimum atomic E-state index is -0.321. The summed E-state index contributed by atoms with van der Waals surface area (Å²) in [5.41, 5.74) is 2.63. The number of carbonyl (C=O) groups excluding carboxylic acids is 1. The van der Waals surface area contributed by atoms with Gasteiger partial charge in [0.1, 0.15) is 23.1 Å². The van der Waals surface area contributed by atoms with Crippen molar-refractivity contribution in [1.29, 1.82) is 0 Å². The van der Waals surface area contributed by atoms with E-state index in [4.69, 9.17) is 14.2 Å². The minimum absolute atomic E-state index is 0.138. The number of ether oxygens (including phenoxy) is 3. The van der Waals surface area contributed by atoms with Gasteiger partial charge in [0.15, 0.2) is 6.61 Å². The van der Waals surface area contributed by atoms with Crippen molar-refractivity contribution in [2.45, 2.75) is 13.8 Å². The van der Waals surface area contributed by atoms with Crippen LogP contribution in [0.1, 0.15) is 11.4 Å². The van der Waals surface area contributed by atoms with Crippen LogP contribution in [0.4, 0.5) is 5.69 Å². The van der Waals surface area contributed by atoms with Crippen molar-refractivity contribution in [3.63, 3.8) is 0 Å². The molecule has 3 aromatic carbocycles. The third kappa shape index (κ3) is 4.71. The number of aromatic nitrogens is 2. The Morgan fingerprint density at radius 2 is 1.62 bits per heavy atom. The summed E-state index contributed by atoms with van der Waals surface area (Å²) in [6.07, 6.45) is 0. The Kier molecular flexibility index (Phi) is 6.49. The molecule has 0 saturated heterocycles. The molecular weight excluding hydrogens is 434 g/mol. The van der Waals surface area contributed by atoms with Gasteiger partial charge in [0.25, 0.3) is 11.5 Å². The first-order chi connectivity index (χ1) is 16.4. The van der Waals surface area contributed by atoms with Gasteiger partial charge < -0.3 is 19.5 Å². The van der Waals surface area contributed by atoms with Crippen molar-refractivity contribution in [2.24, 2.45) is 0 Å². The molecule has 0 aliphatic heterocycles. The molecule has 1 aromatic heterocycles. The second kappa shape index (κ2) is 9.66. The van der Waals surface area contributed by atoms with Crippen LogP contribution in [-0.2, 0) is 4.79 Å². The maximum absolute atomic E-state index is 13.1. The van der Waals surface area contributed by atoms with Crippen LogP contribution in [-0.4, -0.2) is 36.3 Å². The average Bonchev–Trinajstić information content (AvgIpc) is 2.84. The summed E-state index contributed by atoms with van der Waals surface area (Å²) in [4.78, 5) is 30.1. The van der Waals surface area contributed by atoms with E-state index in [1.54, 1.807) is 62.1 Å². The van der Waals surface area contributed by atoms with Crippen LogP contribution in [0.5, 0.6) is 17.2 Å². The summed E-state index contributed by atoms with van der Waals surface area (Å²) in [7, 11) is 3.09. The SMILES string of the molecule is COc1cc(OC)cc(OCC(=O)Nc2ccc(-n3c(C)nc4ccccc4c3=O)cc2C)c1. The number of anilines is 1. The number of hydrogen-bond donors (Lipinski definition) is 1. The molecule has 0 saturated carbocycles. The van der Waals surface area contributed by atoms with Crippen molar-refractivity contribution in [2.75, 3.05) is 26.1 Å². The van der Waals surface area contributed by atoms with Gasteiger partial charge in [-0.2, -0.15) is 0 Å². The highest BCUT2D eigenvalue weighted by molar-refractivity contribution is 5.92. The number of fused-ring (bicyclic) bond motifs is 1. The normalized spacial score (nSPS) is 10.7. The first-order valence-electron chi connectivity index (χ1n) is 10.6. The van der Waals surface area contributed by atoms with Gasteiger partial charge in [-0.3, -0.25) is 14.2 Å². The summed E-state index contributed by atoms with van der Waals surface area (Å²) in [6, 6.07) is 17.7. The molecular formula is C26H25N3O5. The molecule has 4 aromatic rings. The number of amides is 1. The maximum atomic E-state index is 13.1. The Morgan fingerprint density at radius 3 is 2.29 bits per heavy atom. The van der Waals surface area contributed by atoms with E-state index in [0.29, 0.717) is 45.4 Å². The molecule has 174 valence electrons. The lowest BCUT2D eigenvalue weighted by molar-refractivity contribution is -0.118. The molecule has 0 unspecified atom stereocenters. The highest BCUT2D eigenvalue weighted by Gasteiger charge is 2.12. The quantitative estimate of drug-likeness (QED) is 0.449. The summed E-state index contributed by atoms with van der Waals surface area (Å²) in [6.45, 7) is 3.47. The second-order valence-electron chi connectivity index (χ2n) is 7.70. The van der Waals surface area contributed by atoms with E-state index >= 15 is 0 Å². The van der Waals surface area contributed by atoms with Crippen LogP contribution in [0, 0.1) is 13.8 Å². The topological polar surface area (TPSA) is 91.7 Å². The number of rotatable bonds is 7. The predicted molar refractivity (Wildman–Crippen MR) is 130 cm³/mol. The molecule has 4 rings (SSSR count). The van der Waals surface area contributed by atoms with Crippen molar-refractivity contribution < 1.29 is 19.0 Å². The highest BCUT2D eigenvalue weighted by Crippen LogP contribution is 2.27. The Morgan fingerprint density at radius 1 is 0.941 bits per heavy atom. The number of benzene rings is 3. The van der Waals surface area contributed by atoms with Crippen LogP contribution < -0.4 is 25.1 Å². The first-order valence-corrected chi connectivity index (χ1v) is 10.6. The molecule has 34 heavy (non-hydrogen) atoms. The first kappa shape index (κ1) is 22.8. The van der Waals surface area contributed by atoms with Gasteiger partial charge in [-0.05, 0) is 49.7 Å². The van der Waals surface area contributed by atoms with Gasteiger partial charge in [0, 0.05) is 23.9 Å². The summed E-state index contributed by atoms with van der Waals surface area (Å²) in [5.74, 6) is 1.85. The molecule has 0 radical (unpaired) electrons. The van der Waals surface area contributed by atoms with E-state index in [1.165, 1.54) is 0 Å². The van der Waals surface area contributed by atoms with E-state index in [1.807, 2.05) is 31.2 Å². The number of para-hydroxylation sites is 1. The lowest BCUT2D eigenvalue weighted by Crippen LogP contribution is -2.23. The molecule has 1 heterocycles. The zero-order valence-electron chi connectivity index (χ0n) is 19.4. The zero-order chi connectivity index (χ0) is 24.2. The highest BCUT2D eigenvalue weighted by atomic mass is 16.5. The number of nitrogens with zero attached hydrogens (tertiary/aromatic N) is 2. The van der Waals surface area contributed by atoms with Gasteiger partial charge in [-0.1, -0.05) is 12.1 Å². The van der Waals surface area contributed by atoms with Gasteiger partial charge >= 0.3 is 0 Å². The second-order valence-corrected chi connectivity index (χ2v) is 7.70. The number of aryl methyl sites for hydroxylation is 2. The lowest BCUT2D eigenvalue weighted by atomic mass is 10.1. The van der Waals surface area contributed by atoms with E-state index in [2.05, 4.69) is 10.3 Å². The molecule has 8 heteroatoms. The minimum Gasteiger partial charge on any atom is -0.496 e. The number of hydrogen-bond acceptors (Lipinski definition) is 6. The van der Waals surface area contributed by atoms with Gasteiger partial charge in [-0.25, -0.2) is 4.98 Å². The molecule has 0 atom stereocenters. The monoisotopic (exact) mass is 459 g/mol.